The minimum Gasteiger partial charge on any atom is -0.274 e. The lowest BCUT2D eigenvalue weighted by molar-refractivity contribution is 0.0608. The van der Waals surface area contributed by atoms with Gasteiger partial charge in [0, 0.05) is 48.6 Å². The molecule has 0 radical (unpaired) electrons. The molecule has 0 bridgehead atoms. The molecule has 6 unspecified atom stereocenters. The van der Waals surface area contributed by atoms with Crippen LogP contribution in [0.4, 0.5) is 0 Å². The molecule has 2 aliphatic heterocycles. The highest BCUT2D eigenvalue weighted by atomic mass is 32.1. The second kappa shape index (κ2) is 39.5. The van der Waals surface area contributed by atoms with E-state index in [2.05, 4.69) is 248 Å². The van der Waals surface area contributed by atoms with Gasteiger partial charge in [-0.15, -0.1) is 56.7 Å². The van der Waals surface area contributed by atoms with Gasteiger partial charge in [0.1, 0.15) is 0 Å². The van der Waals surface area contributed by atoms with Crippen molar-refractivity contribution in [3.05, 3.63) is 218 Å². The van der Waals surface area contributed by atoms with Crippen LogP contribution in [0.1, 0.15) is 415 Å². The highest BCUT2D eigenvalue weighted by molar-refractivity contribution is 7.32. The van der Waals surface area contributed by atoms with E-state index in [0.717, 1.165) is 105 Å². The van der Waals surface area contributed by atoms with E-state index in [1.54, 1.807) is 4.90 Å². The van der Waals surface area contributed by atoms with Crippen molar-refractivity contribution in [1.82, 2.24) is 9.80 Å². The standard InChI is InChI=1S/C110H144N2O4S5/c1-21-33-39-71(27-7)62-77-45-53-81(54-46-77)109(82-55-47-78(48-56-82)63-72(28-8)40-34-22-2)85(61-69(13)94-88-89(104(114)111(103(88)113)67-75(31-11)43-37-25-5)97(118-94)98-90-91(102(121-98)108(18,19)20)106(116)112(105(90)115)68-76(32-12)44-38-26-6)70(14)95-92(109)100-101(119-95)93-99(120-100)96-86(66-87(117-96)107(15,16)17)110(93,83-57-49-79(50-58-83)64-73(29-9)41-35-23-3)84-59-51-80(52-60-84)65-74(30-10)42-36-24-4/h45-61,66,71-76H,21-44,62-65,67-68H2,1-20H3. The molecule has 13 rings (SSSR count). The predicted octanol–water partition coefficient (Wildman–Crippen LogP) is 32.7. The molecule has 0 spiro atoms. The van der Waals surface area contributed by atoms with Crippen molar-refractivity contribution in [1.29, 1.82) is 0 Å². The lowest BCUT2D eigenvalue weighted by atomic mass is 9.66. The maximum atomic E-state index is 16.3. The van der Waals surface area contributed by atoms with Gasteiger partial charge < -0.3 is 0 Å². The highest BCUT2D eigenvalue weighted by Gasteiger charge is 2.56. The Labute approximate surface area is 749 Å². The van der Waals surface area contributed by atoms with E-state index >= 15 is 19.2 Å². The van der Waals surface area contributed by atoms with E-state index in [4.69, 9.17) is 0 Å². The number of amides is 4. The first-order valence-corrected chi connectivity index (χ1v) is 51.9. The highest BCUT2D eigenvalue weighted by Crippen LogP contribution is 2.69. The van der Waals surface area contributed by atoms with Gasteiger partial charge >= 0.3 is 0 Å². The van der Waals surface area contributed by atoms with Gasteiger partial charge in [0.05, 0.1) is 57.1 Å². The molecule has 4 aliphatic rings. The number of hydrogen-bond donors (Lipinski definition) is 0. The van der Waals surface area contributed by atoms with Crippen LogP contribution in [-0.4, -0.2) is 46.5 Å². The van der Waals surface area contributed by atoms with Crippen LogP contribution in [0.25, 0.3) is 40.1 Å². The smallest absolute Gasteiger partial charge is 0.263 e. The Morgan fingerprint density at radius 1 is 0.372 bits per heavy atom. The fourth-order valence-corrected chi connectivity index (χ4v) is 28.1. The van der Waals surface area contributed by atoms with Gasteiger partial charge in [-0.25, -0.2) is 0 Å². The van der Waals surface area contributed by atoms with Crippen molar-refractivity contribution in [2.24, 2.45) is 35.5 Å². The molecule has 4 aromatic carbocycles. The average Bonchev–Trinajstić information content (AvgIpc) is 1.49. The Kier molecular flexibility index (Phi) is 30.1. The van der Waals surface area contributed by atoms with E-state index in [-0.39, 0.29) is 40.9 Å². The zero-order valence-electron chi connectivity index (χ0n) is 77.6. The topological polar surface area (TPSA) is 74.8 Å². The summed E-state index contributed by atoms with van der Waals surface area (Å²) in [6.45, 7) is 46.4. The summed E-state index contributed by atoms with van der Waals surface area (Å²) < 4.78 is 2.70. The Hall–Kier alpha value is -6.60. The van der Waals surface area contributed by atoms with Gasteiger partial charge in [-0.2, -0.15) is 0 Å². The SMILES string of the molecule is CCCCC(CC)Cc1ccc(C2(c3ccc(CC(CC)CCCC)cc3)C(C=C(C)c3sc(-c4sc(C(C)(C)C)c5c4C(=O)N(CC(CC)CCCC)C5=O)c4c3C(=O)N(CC(CC)CCCC)C4=O)=C(C)c3sc4c5c(sc4c32)-c2sc(C(C)(C)C)cc2C5(c2ccc(CC(CC)CCCC)cc2)c2ccc(CC(CC)CCCC)cc2)cc1. The van der Waals surface area contributed by atoms with E-state index in [1.807, 2.05) is 34.0 Å². The van der Waals surface area contributed by atoms with Crippen molar-refractivity contribution in [3.8, 4) is 19.5 Å². The number of unbranched alkanes of at least 4 members (excludes halogenated alkanes) is 6. The summed E-state index contributed by atoms with van der Waals surface area (Å²) in [4.78, 5) is 74.8. The van der Waals surface area contributed by atoms with Gasteiger partial charge in [-0.1, -0.05) is 369 Å². The van der Waals surface area contributed by atoms with Crippen molar-refractivity contribution in [3.63, 3.8) is 0 Å². The molecule has 6 nitrogen and oxygen atoms in total. The van der Waals surface area contributed by atoms with E-state index in [1.165, 1.54) is 219 Å². The van der Waals surface area contributed by atoms with Crippen LogP contribution in [0, 0.1) is 35.5 Å². The third kappa shape index (κ3) is 17.8. The number of rotatable bonds is 43. The van der Waals surface area contributed by atoms with Gasteiger partial charge in [0.25, 0.3) is 23.6 Å². The van der Waals surface area contributed by atoms with Gasteiger partial charge in [0.15, 0.2) is 0 Å². The number of hydrogen-bond acceptors (Lipinski definition) is 9. The molecule has 0 saturated heterocycles. The first-order chi connectivity index (χ1) is 58.2. The molecule has 0 N–H and O–H groups in total. The van der Waals surface area contributed by atoms with Crippen LogP contribution in [0.5, 0.6) is 0 Å². The number of benzene rings is 4. The Balaban J connectivity index is 1.11. The lowest BCUT2D eigenvalue weighted by Crippen LogP contribution is -2.35. The molecular formula is C110H144N2O4S5. The molecule has 648 valence electrons. The largest absolute Gasteiger partial charge is 0.274 e. The molecule has 121 heavy (non-hydrogen) atoms. The molecular weight excluding hydrogens is 1570 g/mol. The van der Waals surface area contributed by atoms with Gasteiger partial charge in [0.2, 0.25) is 0 Å². The molecule has 0 fully saturated rings. The number of carbonyl (C=O) groups excluding carboxylic acids is 4. The zero-order chi connectivity index (χ0) is 86.6. The predicted molar refractivity (Wildman–Crippen MR) is 524 cm³/mol. The second-order valence-electron chi connectivity index (χ2n) is 39.1. The minimum atomic E-state index is -0.891. The van der Waals surface area contributed by atoms with E-state index in [0.29, 0.717) is 68.8 Å². The third-order valence-corrected chi connectivity index (χ3v) is 36.0. The van der Waals surface area contributed by atoms with E-state index < -0.39 is 16.2 Å². The minimum absolute atomic E-state index is 0.102. The number of nitrogens with zero attached hydrogens (tertiary/aromatic N) is 2. The van der Waals surface area contributed by atoms with Crippen LogP contribution in [0.15, 0.2) is 115 Å². The summed E-state index contributed by atoms with van der Waals surface area (Å²) in [6, 6.07) is 42.7. The fraction of sp³-hybridized carbons (Fsp3) is 0.545. The second-order valence-corrected chi connectivity index (χ2v) is 44.2. The number of imide groups is 2. The van der Waals surface area contributed by atoms with Crippen LogP contribution in [0.3, 0.4) is 0 Å². The van der Waals surface area contributed by atoms with Gasteiger partial charge in [-0.05, 0) is 172 Å². The number of allylic oxidation sites excluding steroid dienone is 4. The van der Waals surface area contributed by atoms with Crippen molar-refractivity contribution >= 4 is 101 Å². The van der Waals surface area contributed by atoms with E-state index in [9.17, 15) is 0 Å². The maximum absolute atomic E-state index is 16.3. The van der Waals surface area contributed by atoms with Crippen LogP contribution in [0.2, 0.25) is 0 Å². The third-order valence-electron chi connectivity index (χ3n) is 28.5. The van der Waals surface area contributed by atoms with Crippen molar-refractivity contribution < 1.29 is 19.2 Å². The summed E-state index contributed by atoms with van der Waals surface area (Å²) in [5, 5.41) is 0. The molecule has 0 saturated carbocycles. The molecule has 7 heterocycles. The number of carbonyl (C=O) groups is 4. The average molecular weight is 1720 g/mol. The number of fused-ring (bicyclic) bond motifs is 9. The number of thiophene rings is 5. The maximum Gasteiger partial charge on any atom is 0.263 e. The quantitative estimate of drug-likeness (QED) is 0.0357. The fourth-order valence-electron chi connectivity index (χ4n) is 20.8. The zero-order valence-corrected chi connectivity index (χ0v) is 81.7. The molecule has 9 aromatic rings. The molecule has 11 heteroatoms. The summed E-state index contributed by atoms with van der Waals surface area (Å²) >= 11 is 9.05. The van der Waals surface area contributed by atoms with Gasteiger partial charge in [-0.3, -0.25) is 29.0 Å². The lowest BCUT2D eigenvalue weighted by Gasteiger charge is -2.35. The van der Waals surface area contributed by atoms with Crippen LogP contribution < -0.4 is 0 Å². The van der Waals surface area contributed by atoms with Crippen LogP contribution in [-0.2, 0) is 47.3 Å². The summed E-state index contributed by atoms with van der Waals surface area (Å²) in [7, 11) is 0. The molecule has 6 atom stereocenters. The van der Waals surface area contributed by atoms with Crippen LogP contribution >= 0.6 is 56.7 Å². The summed E-state index contributed by atoms with van der Waals surface area (Å²) in [5.41, 5.74) is 17.6. The molecule has 2 aliphatic carbocycles. The first-order valence-electron chi connectivity index (χ1n) is 47.8. The Bertz CT molecular complexity index is 5060. The Morgan fingerprint density at radius 3 is 1.07 bits per heavy atom. The monoisotopic (exact) mass is 1720 g/mol. The first kappa shape index (κ1) is 92.1. The normalized spacial score (nSPS) is 18.2. The molecule has 4 amide bonds. The summed E-state index contributed by atoms with van der Waals surface area (Å²) in [6.07, 6.45) is 33.6. The molecule has 5 aromatic heterocycles. The van der Waals surface area contributed by atoms with Crippen molar-refractivity contribution in [2.45, 2.75) is 340 Å². The van der Waals surface area contributed by atoms with Crippen molar-refractivity contribution in [2.75, 3.05) is 13.1 Å². The summed E-state index contributed by atoms with van der Waals surface area (Å²) in [5.74, 6) is 1.64. The Morgan fingerprint density at radius 2 is 0.702 bits per heavy atom.